The highest BCUT2D eigenvalue weighted by Crippen LogP contribution is 2.11. The average molecular weight is 237 g/mol. The van der Waals surface area contributed by atoms with Crippen molar-refractivity contribution in [1.82, 2.24) is 5.32 Å². The maximum atomic E-state index is 11.3. The number of aryl methyl sites for hydroxylation is 1. The van der Waals surface area contributed by atoms with E-state index in [1.807, 2.05) is 25.1 Å². The highest BCUT2D eigenvalue weighted by atomic mass is 16.5. The van der Waals surface area contributed by atoms with Gasteiger partial charge in [-0.25, -0.2) is 0 Å². The van der Waals surface area contributed by atoms with Gasteiger partial charge in [-0.2, -0.15) is 0 Å². The van der Waals surface area contributed by atoms with Gasteiger partial charge in [-0.05, 0) is 24.6 Å². The molecule has 0 bridgehead atoms. The number of carbonyl (C=O) groups excluding carboxylic acids is 1. The van der Waals surface area contributed by atoms with Crippen LogP contribution in [0.2, 0.25) is 0 Å². The predicted octanol–water partition coefficient (Wildman–Crippen LogP) is 0.965. The third-order valence-corrected chi connectivity index (χ3v) is 2.02. The normalized spacial score (nSPS) is 9.71. The molecule has 0 saturated heterocycles. The van der Waals surface area contributed by atoms with Crippen LogP contribution in [0.5, 0.6) is 5.75 Å². The molecule has 1 amide bonds. The zero-order valence-corrected chi connectivity index (χ0v) is 9.60. The maximum Gasteiger partial charge on any atom is 0.305 e. The molecule has 1 aromatic carbocycles. The molecule has 0 aliphatic rings. The van der Waals surface area contributed by atoms with Crippen molar-refractivity contribution in [3.8, 4) is 5.75 Å². The fourth-order valence-electron chi connectivity index (χ4n) is 1.21. The number of carboxylic acid groups (broad SMARTS) is 1. The van der Waals surface area contributed by atoms with E-state index in [1.54, 1.807) is 6.07 Å². The summed E-state index contributed by atoms with van der Waals surface area (Å²) in [7, 11) is 0. The van der Waals surface area contributed by atoms with Gasteiger partial charge in [0, 0.05) is 6.54 Å². The molecular weight excluding hydrogens is 222 g/mol. The van der Waals surface area contributed by atoms with Gasteiger partial charge in [-0.3, -0.25) is 9.59 Å². The van der Waals surface area contributed by atoms with E-state index in [4.69, 9.17) is 9.84 Å². The molecule has 5 heteroatoms. The first kappa shape index (κ1) is 13.0. The van der Waals surface area contributed by atoms with Gasteiger partial charge < -0.3 is 15.2 Å². The minimum Gasteiger partial charge on any atom is -0.484 e. The molecule has 0 radical (unpaired) electrons. The lowest BCUT2D eigenvalue weighted by molar-refractivity contribution is -0.137. The maximum absolute atomic E-state index is 11.3. The van der Waals surface area contributed by atoms with Crippen molar-refractivity contribution >= 4 is 11.9 Å². The summed E-state index contributed by atoms with van der Waals surface area (Å²) in [5, 5.41) is 10.8. The Balaban J connectivity index is 2.26. The highest BCUT2D eigenvalue weighted by Gasteiger charge is 2.03. The van der Waals surface area contributed by atoms with Gasteiger partial charge in [0.25, 0.3) is 5.91 Å². The van der Waals surface area contributed by atoms with Crippen molar-refractivity contribution < 1.29 is 19.4 Å². The van der Waals surface area contributed by atoms with Crippen LogP contribution in [0.1, 0.15) is 12.0 Å². The van der Waals surface area contributed by atoms with Crippen molar-refractivity contribution in [2.45, 2.75) is 13.3 Å². The second-order valence-corrected chi connectivity index (χ2v) is 3.60. The molecule has 0 fully saturated rings. The topological polar surface area (TPSA) is 75.6 Å². The Labute approximate surface area is 99.4 Å². The van der Waals surface area contributed by atoms with Crippen molar-refractivity contribution in [2.75, 3.05) is 13.2 Å². The molecular formula is C12H15NO4. The first-order valence-electron chi connectivity index (χ1n) is 5.26. The first-order valence-corrected chi connectivity index (χ1v) is 5.26. The molecule has 1 rings (SSSR count). The zero-order valence-electron chi connectivity index (χ0n) is 9.60. The number of carboxylic acids is 1. The second kappa shape index (κ2) is 6.52. The second-order valence-electron chi connectivity index (χ2n) is 3.60. The highest BCUT2D eigenvalue weighted by molar-refractivity contribution is 5.78. The summed E-state index contributed by atoms with van der Waals surface area (Å²) in [6.07, 6.45) is -0.0871. The molecule has 0 aliphatic heterocycles. The Morgan fingerprint density at radius 3 is 2.82 bits per heavy atom. The van der Waals surface area contributed by atoms with Gasteiger partial charge in [0.15, 0.2) is 6.61 Å². The van der Waals surface area contributed by atoms with Gasteiger partial charge in [-0.1, -0.05) is 12.1 Å². The van der Waals surface area contributed by atoms with E-state index in [0.717, 1.165) is 5.56 Å². The summed E-state index contributed by atoms with van der Waals surface area (Å²) >= 11 is 0. The summed E-state index contributed by atoms with van der Waals surface area (Å²) in [5.41, 5.74) is 1.05. The molecule has 0 aliphatic carbocycles. The number of hydrogen-bond donors (Lipinski definition) is 2. The van der Waals surface area contributed by atoms with E-state index in [0.29, 0.717) is 5.75 Å². The lowest BCUT2D eigenvalue weighted by Crippen LogP contribution is -2.30. The largest absolute Gasteiger partial charge is 0.484 e. The number of nitrogens with one attached hydrogen (secondary N) is 1. The fraction of sp³-hybridized carbons (Fsp3) is 0.333. The Morgan fingerprint density at radius 1 is 1.41 bits per heavy atom. The number of hydrogen-bond acceptors (Lipinski definition) is 3. The average Bonchev–Trinajstić information content (AvgIpc) is 2.26. The molecule has 2 N–H and O–H groups in total. The van der Waals surface area contributed by atoms with Gasteiger partial charge in [-0.15, -0.1) is 0 Å². The molecule has 92 valence electrons. The van der Waals surface area contributed by atoms with Gasteiger partial charge in [0.2, 0.25) is 0 Å². The van der Waals surface area contributed by atoms with E-state index in [1.165, 1.54) is 0 Å². The van der Waals surface area contributed by atoms with Gasteiger partial charge >= 0.3 is 5.97 Å². The minimum atomic E-state index is -0.940. The quantitative estimate of drug-likeness (QED) is 0.772. The zero-order chi connectivity index (χ0) is 12.7. The number of amides is 1. The molecule has 0 aromatic heterocycles. The van der Waals surface area contributed by atoms with E-state index in [2.05, 4.69) is 5.32 Å². The lowest BCUT2D eigenvalue weighted by Gasteiger charge is -2.07. The van der Waals surface area contributed by atoms with E-state index in [-0.39, 0.29) is 25.5 Å². The smallest absolute Gasteiger partial charge is 0.305 e. The van der Waals surface area contributed by atoms with Crippen LogP contribution in [0.4, 0.5) is 0 Å². The van der Waals surface area contributed by atoms with Crippen LogP contribution in [-0.2, 0) is 9.59 Å². The number of benzene rings is 1. The van der Waals surface area contributed by atoms with Crippen LogP contribution >= 0.6 is 0 Å². The lowest BCUT2D eigenvalue weighted by atomic mass is 10.2. The standard InChI is InChI=1S/C12H15NO4/c1-9-3-2-4-10(7-9)17-8-11(14)13-6-5-12(15)16/h2-4,7H,5-6,8H2,1H3,(H,13,14)(H,15,16). The number of aliphatic carboxylic acids is 1. The Hall–Kier alpha value is -2.04. The first-order chi connectivity index (χ1) is 8.08. The number of rotatable bonds is 6. The summed E-state index contributed by atoms with van der Waals surface area (Å²) in [5.74, 6) is -0.643. The molecule has 0 spiro atoms. The Kier molecular flexibility index (Phi) is 5.00. The summed E-state index contributed by atoms with van der Waals surface area (Å²) in [6, 6.07) is 7.36. The van der Waals surface area contributed by atoms with Crippen LogP contribution < -0.4 is 10.1 Å². The van der Waals surface area contributed by atoms with Gasteiger partial charge in [0.1, 0.15) is 5.75 Å². The van der Waals surface area contributed by atoms with Crippen molar-refractivity contribution in [3.63, 3.8) is 0 Å². The molecule has 1 aromatic rings. The van der Waals surface area contributed by atoms with E-state index >= 15 is 0 Å². The van der Waals surface area contributed by atoms with Crippen LogP contribution in [-0.4, -0.2) is 30.1 Å². The van der Waals surface area contributed by atoms with Crippen LogP contribution in [0, 0.1) is 6.92 Å². The SMILES string of the molecule is Cc1cccc(OCC(=O)NCCC(=O)O)c1. The van der Waals surface area contributed by atoms with E-state index in [9.17, 15) is 9.59 Å². The fourth-order valence-corrected chi connectivity index (χ4v) is 1.21. The van der Waals surface area contributed by atoms with Gasteiger partial charge in [0.05, 0.1) is 6.42 Å². The summed E-state index contributed by atoms with van der Waals surface area (Å²) in [6.45, 7) is 1.94. The third kappa shape index (κ3) is 5.55. The molecule has 17 heavy (non-hydrogen) atoms. The van der Waals surface area contributed by atoms with Crippen LogP contribution in [0.25, 0.3) is 0 Å². The molecule has 0 atom stereocenters. The molecule has 0 heterocycles. The Morgan fingerprint density at radius 2 is 2.18 bits per heavy atom. The minimum absolute atomic E-state index is 0.0871. The third-order valence-electron chi connectivity index (χ3n) is 2.02. The Bertz CT molecular complexity index is 403. The number of carbonyl (C=O) groups is 2. The summed E-state index contributed by atoms with van der Waals surface area (Å²) < 4.78 is 5.25. The molecule has 0 unspecified atom stereocenters. The molecule has 0 saturated carbocycles. The van der Waals surface area contributed by atoms with Crippen LogP contribution in [0.3, 0.4) is 0 Å². The molecule has 5 nitrogen and oxygen atoms in total. The predicted molar refractivity (Wildman–Crippen MR) is 61.9 cm³/mol. The van der Waals surface area contributed by atoms with Crippen LogP contribution in [0.15, 0.2) is 24.3 Å². The number of ether oxygens (including phenoxy) is 1. The van der Waals surface area contributed by atoms with Crippen molar-refractivity contribution in [1.29, 1.82) is 0 Å². The van der Waals surface area contributed by atoms with E-state index < -0.39 is 5.97 Å². The summed E-state index contributed by atoms with van der Waals surface area (Å²) in [4.78, 5) is 21.5. The van der Waals surface area contributed by atoms with Crippen molar-refractivity contribution in [2.24, 2.45) is 0 Å². The van der Waals surface area contributed by atoms with Crippen molar-refractivity contribution in [3.05, 3.63) is 29.8 Å². The monoisotopic (exact) mass is 237 g/mol.